The highest BCUT2D eigenvalue weighted by Crippen LogP contribution is 2.69. The summed E-state index contributed by atoms with van der Waals surface area (Å²) in [6, 6.07) is 16.6. The second-order valence-corrected chi connectivity index (χ2v) is 15.2. The van der Waals surface area contributed by atoms with Crippen LogP contribution < -0.4 is 29.3 Å². The molecule has 7 atom stereocenters. The molecule has 2 aliphatic carbocycles. The maximum absolute atomic E-state index is 14.0. The number of amides is 3. The molecule has 3 heterocycles. The molecule has 2 N–H and O–H groups in total. The third kappa shape index (κ3) is 5.57. The summed E-state index contributed by atoms with van der Waals surface area (Å²) in [5.41, 5.74) is 0.371. The normalized spacial score (nSPS) is 26.1. The number of hydrogen-bond donors (Lipinski definition) is 2. The number of hydrogen-bond acceptors (Lipinski definition) is 9. The molecule has 4 aromatic rings. The molecule has 1 saturated heterocycles. The first kappa shape index (κ1) is 33.4. The molecule has 3 fully saturated rings. The van der Waals surface area contributed by atoms with Gasteiger partial charge in [0, 0.05) is 21.7 Å². The van der Waals surface area contributed by atoms with Crippen LogP contribution in [0, 0.1) is 29.6 Å². The Morgan fingerprint density at radius 1 is 0.941 bits per heavy atom. The quantitative estimate of drug-likeness (QED) is 0.206. The second kappa shape index (κ2) is 12.5. The van der Waals surface area contributed by atoms with Crippen molar-refractivity contribution in [2.75, 3.05) is 31.0 Å². The van der Waals surface area contributed by atoms with Gasteiger partial charge in [0.05, 0.1) is 42.3 Å². The number of nitrogens with one attached hydrogen (secondary N) is 2. The van der Waals surface area contributed by atoms with E-state index in [9.17, 15) is 32.3 Å². The molecule has 3 amide bonds. The number of rotatable bonds is 8. The number of carbonyl (C=O) groups excluding carboxylic acids is 3. The third-order valence-electron chi connectivity index (χ3n) is 10.4. The first-order valence-corrected chi connectivity index (χ1v) is 17.9. The monoisotopic (exact) mass is 737 g/mol. The molecular weight excluding hydrogens is 708 g/mol. The van der Waals surface area contributed by atoms with Gasteiger partial charge in [-0.2, -0.15) is 13.2 Å². The van der Waals surface area contributed by atoms with Crippen molar-refractivity contribution < 1.29 is 41.8 Å². The molecule has 15 heteroatoms. The molecule has 2 aliphatic heterocycles. The number of aromatic amines is 1. The van der Waals surface area contributed by atoms with Crippen molar-refractivity contribution in [3.05, 3.63) is 92.4 Å². The molecule has 51 heavy (non-hydrogen) atoms. The molecule has 2 saturated carbocycles. The summed E-state index contributed by atoms with van der Waals surface area (Å²) in [5, 5.41) is 3.35. The lowest BCUT2D eigenvalue weighted by Gasteiger charge is -2.43. The summed E-state index contributed by atoms with van der Waals surface area (Å²) < 4.78 is 57.3. The molecule has 1 aromatic heterocycles. The van der Waals surface area contributed by atoms with E-state index >= 15 is 0 Å². The second-order valence-electron chi connectivity index (χ2n) is 13.0. The topological polar surface area (TPSA) is 127 Å². The number of aromatic nitrogens is 1. The Bertz CT molecular complexity index is 2120. The number of anilines is 2. The van der Waals surface area contributed by atoms with Crippen molar-refractivity contribution in [3.63, 3.8) is 0 Å². The van der Waals surface area contributed by atoms with Gasteiger partial charge in [0.1, 0.15) is 5.75 Å². The number of halogens is 3. The van der Waals surface area contributed by atoms with Crippen LogP contribution in [0.25, 0.3) is 0 Å². The maximum Gasteiger partial charge on any atom is 0.416 e. The molecule has 6 unspecified atom stereocenters. The van der Waals surface area contributed by atoms with Gasteiger partial charge in [-0.05, 0) is 84.3 Å². The van der Waals surface area contributed by atoms with Crippen LogP contribution in [0.2, 0.25) is 0 Å². The predicted molar refractivity (Wildman–Crippen MR) is 183 cm³/mol. The average molecular weight is 738 g/mol. The van der Waals surface area contributed by atoms with Crippen molar-refractivity contribution in [1.82, 2.24) is 4.98 Å². The van der Waals surface area contributed by atoms with Crippen molar-refractivity contribution >= 4 is 52.2 Å². The van der Waals surface area contributed by atoms with Crippen molar-refractivity contribution in [2.24, 2.45) is 29.6 Å². The zero-order valence-corrected chi connectivity index (χ0v) is 28.7. The van der Waals surface area contributed by atoms with Crippen molar-refractivity contribution in [1.29, 1.82) is 0 Å². The first-order valence-electron chi connectivity index (χ1n) is 16.2. The number of thioether (sulfide) groups is 1. The smallest absolute Gasteiger partial charge is 0.416 e. The molecule has 3 aromatic carbocycles. The number of nitrogens with zero attached hydrogens (tertiary/aromatic N) is 1. The van der Waals surface area contributed by atoms with Crippen molar-refractivity contribution in [2.45, 2.75) is 28.8 Å². The number of methoxy groups -OCH3 is 2. The average Bonchev–Trinajstić information content (AvgIpc) is 3.86. The number of carbonyl (C=O) groups is 3. The highest BCUT2D eigenvalue weighted by Gasteiger charge is 2.69. The summed E-state index contributed by atoms with van der Waals surface area (Å²) in [6.07, 6.45) is -4.02. The van der Waals surface area contributed by atoms with Gasteiger partial charge in [-0.1, -0.05) is 23.5 Å². The van der Waals surface area contributed by atoms with Crippen LogP contribution >= 0.6 is 23.1 Å². The minimum Gasteiger partial charge on any atom is -0.497 e. The summed E-state index contributed by atoms with van der Waals surface area (Å²) in [5.74, 6) is -2.28. The number of ether oxygens (including phenoxy) is 3. The number of benzene rings is 3. The Morgan fingerprint density at radius 3 is 2.39 bits per heavy atom. The summed E-state index contributed by atoms with van der Waals surface area (Å²) in [4.78, 5) is 57.7. The lowest BCUT2D eigenvalue weighted by atomic mass is 9.68. The molecule has 0 spiro atoms. The van der Waals surface area contributed by atoms with Crippen molar-refractivity contribution in [3.8, 4) is 17.2 Å². The first-order chi connectivity index (χ1) is 24.5. The lowest BCUT2D eigenvalue weighted by molar-refractivity contribution is -0.137. The molecule has 4 aliphatic rings. The van der Waals surface area contributed by atoms with Gasteiger partial charge in [0.15, 0.2) is 18.1 Å². The van der Waals surface area contributed by atoms with Gasteiger partial charge in [0.2, 0.25) is 11.8 Å². The van der Waals surface area contributed by atoms with E-state index in [1.54, 1.807) is 37.4 Å². The summed E-state index contributed by atoms with van der Waals surface area (Å²) >= 11 is 2.61. The van der Waals surface area contributed by atoms with Gasteiger partial charge in [-0.3, -0.25) is 24.1 Å². The van der Waals surface area contributed by atoms with E-state index in [1.807, 2.05) is 12.1 Å². The van der Waals surface area contributed by atoms with Gasteiger partial charge in [-0.25, -0.2) is 0 Å². The number of fused-ring (bicyclic) bond motifs is 9. The number of H-pyrrole nitrogens is 1. The Labute approximate surface area is 297 Å². The predicted octanol–water partition coefficient (Wildman–Crippen LogP) is 6.17. The zero-order chi connectivity index (χ0) is 35.8. The fourth-order valence-corrected chi connectivity index (χ4v) is 11.4. The van der Waals surface area contributed by atoms with E-state index < -0.39 is 35.4 Å². The fraction of sp³-hybridized carbons (Fsp3) is 0.333. The molecule has 0 radical (unpaired) electrons. The minimum absolute atomic E-state index is 0.0813. The number of imide groups is 1. The third-order valence-corrected chi connectivity index (χ3v) is 13.0. The maximum atomic E-state index is 14.0. The molecule has 10 nitrogen and oxygen atoms in total. The summed E-state index contributed by atoms with van der Waals surface area (Å²) in [6.45, 7) is -0.290. The Balaban J connectivity index is 1.07. The van der Waals surface area contributed by atoms with Crippen LogP contribution in [-0.2, 0) is 20.6 Å². The van der Waals surface area contributed by atoms with Gasteiger partial charge >= 0.3 is 11.0 Å². The van der Waals surface area contributed by atoms with Gasteiger partial charge in [-0.15, -0.1) is 11.8 Å². The molecule has 2 bridgehead atoms. The SMILES string of the molecule is COc1ccc(NC(=O)COc2ccc([C@H]3c4sc(=O)[nH]c4SC4C5CC(C6C(=O)N(c7cccc(C(F)(F)F)c7)C(=O)C56)C43)cc2OC)cc1. The molecular formula is C36H30F3N3O7S2. The van der Waals surface area contributed by atoms with E-state index in [-0.39, 0.29) is 52.0 Å². The number of alkyl halides is 3. The van der Waals surface area contributed by atoms with E-state index in [1.165, 1.54) is 31.0 Å². The minimum atomic E-state index is -4.63. The number of thiazole rings is 1. The van der Waals surface area contributed by atoms with E-state index in [4.69, 9.17) is 14.2 Å². The standard InChI is InChI=1S/C36H30F3N3O7S2/c1-47-20-9-7-18(8-10-20)40-25(43)15-49-23-11-6-16(12-24(23)48-2)26-27-21-14-22(30(27)50-32-31(26)51-35(46)41-32)29-28(21)33(44)42(34(29)45)19-5-3-4-17(13-19)36(37,38)39/h3-13,21-22,26-30H,14-15H2,1-2H3,(H,40,43)(H,41,46)/t21?,22?,26-,27?,28?,29?,30?/m1/s1. The van der Waals surface area contributed by atoms with Crippen LogP contribution in [0.4, 0.5) is 24.5 Å². The fourth-order valence-electron chi connectivity index (χ4n) is 8.48. The van der Waals surface area contributed by atoms with Crippen LogP contribution in [0.5, 0.6) is 17.2 Å². The summed E-state index contributed by atoms with van der Waals surface area (Å²) in [7, 11) is 3.03. The van der Waals surface area contributed by atoms with E-state index in [0.29, 0.717) is 34.4 Å². The van der Waals surface area contributed by atoms with Crippen LogP contribution in [0.3, 0.4) is 0 Å². The zero-order valence-electron chi connectivity index (χ0n) is 27.1. The molecule has 8 rings (SSSR count). The highest BCUT2D eigenvalue weighted by atomic mass is 32.2. The van der Waals surface area contributed by atoms with Crippen LogP contribution in [0.15, 0.2) is 76.6 Å². The Hall–Kier alpha value is -4.76. The lowest BCUT2D eigenvalue weighted by Crippen LogP contribution is -2.42. The van der Waals surface area contributed by atoms with Crippen LogP contribution in [-0.4, -0.2) is 48.8 Å². The van der Waals surface area contributed by atoms with Gasteiger partial charge < -0.3 is 24.5 Å². The van der Waals surface area contributed by atoms with Gasteiger partial charge in [0.25, 0.3) is 5.91 Å². The Morgan fingerprint density at radius 2 is 1.69 bits per heavy atom. The van der Waals surface area contributed by atoms with Crippen LogP contribution in [0.1, 0.15) is 28.3 Å². The Kier molecular flexibility index (Phi) is 8.17. The largest absolute Gasteiger partial charge is 0.497 e. The van der Waals surface area contributed by atoms with E-state index in [0.717, 1.165) is 38.8 Å². The van der Waals surface area contributed by atoms with E-state index in [2.05, 4.69) is 10.3 Å². The molecule has 264 valence electrons. The highest BCUT2D eigenvalue weighted by molar-refractivity contribution is 8.00.